The van der Waals surface area contributed by atoms with Crippen molar-refractivity contribution in [2.24, 2.45) is 0 Å². The number of imidazole rings is 1. The van der Waals surface area contributed by atoms with Crippen molar-refractivity contribution in [2.75, 3.05) is 32.1 Å². The van der Waals surface area contributed by atoms with Crippen LogP contribution in [0.4, 0.5) is 5.82 Å². The van der Waals surface area contributed by atoms with E-state index < -0.39 is 0 Å². The van der Waals surface area contributed by atoms with Crippen LogP contribution < -0.4 is 10.1 Å². The molecule has 0 aliphatic carbocycles. The predicted octanol–water partition coefficient (Wildman–Crippen LogP) is 1.29. The largest absolute Gasteiger partial charge is 0.481 e. The van der Waals surface area contributed by atoms with Crippen LogP contribution in [-0.2, 0) is 24.4 Å². The Morgan fingerprint density at radius 1 is 1.24 bits per heavy atom. The summed E-state index contributed by atoms with van der Waals surface area (Å²) in [5.41, 5.74) is 1.30. The number of hydrogen-bond acceptors (Lipinski definition) is 7. The molecule has 1 N–H and O–H groups in total. The van der Waals surface area contributed by atoms with Gasteiger partial charge in [-0.2, -0.15) is 0 Å². The molecule has 25 heavy (non-hydrogen) atoms. The molecule has 8 heteroatoms. The number of aromatic nitrogens is 4. The van der Waals surface area contributed by atoms with Crippen molar-refractivity contribution in [1.82, 2.24) is 24.4 Å². The van der Waals surface area contributed by atoms with E-state index >= 15 is 0 Å². The number of ether oxygens (including phenoxy) is 2. The van der Waals surface area contributed by atoms with Gasteiger partial charge in [-0.25, -0.2) is 15.0 Å². The number of piperidine rings is 1. The van der Waals surface area contributed by atoms with Crippen LogP contribution in [0.5, 0.6) is 5.88 Å². The van der Waals surface area contributed by atoms with E-state index in [1.807, 2.05) is 12.3 Å². The Morgan fingerprint density at radius 2 is 2.12 bits per heavy atom. The van der Waals surface area contributed by atoms with Crippen LogP contribution in [0.25, 0.3) is 0 Å². The first-order valence-corrected chi connectivity index (χ1v) is 8.78. The molecule has 2 aromatic heterocycles. The van der Waals surface area contributed by atoms with Crippen LogP contribution in [0.1, 0.15) is 24.4 Å². The highest BCUT2D eigenvalue weighted by Gasteiger charge is 2.22. The third-order valence-corrected chi connectivity index (χ3v) is 4.89. The highest BCUT2D eigenvalue weighted by Crippen LogP contribution is 2.20. The molecular formula is C17H24N6O2. The average molecular weight is 344 g/mol. The summed E-state index contributed by atoms with van der Waals surface area (Å²) < 4.78 is 12.9. The second-order valence-corrected chi connectivity index (χ2v) is 6.51. The molecule has 4 rings (SSSR count). The van der Waals surface area contributed by atoms with E-state index in [4.69, 9.17) is 9.47 Å². The number of hydrogen-bond donors (Lipinski definition) is 1. The molecule has 8 nitrogen and oxygen atoms in total. The lowest BCUT2D eigenvalue weighted by Gasteiger charge is -2.32. The molecule has 134 valence electrons. The topological polar surface area (TPSA) is 77.3 Å². The van der Waals surface area contributed by atoms with E-state index in [9.17, 15) is 0 Å². The zero-order valence-corrected chi connectivity index (χ0v) is 14.5. The smallest absolute Gasteiger partial charge is 0.218 e. The Kier molecular flexibility index (Phi) is 4.80. The second kappa shape index (κ2) is 7.37. The van der Waals surface area contributed by atoms with Crippen LogP contribution >= 0.6 is 0 Å². The van der Waals surface area contributed by atoms with Crippen molar-refractivity contribution in [2.45, 2.75) is 38.6 Å². The predicted molar refractivity (Wildman–Crippen MR) is 92.4 cm³/mol. The quantitative estimate of drug-likeness (QED) is 0.876. The van der Waals surface area contributed by atoms with Crippen LogP contribution in [0.2, 0.25) is 0 Å². The fraction of sp³-hybridized carbons (Fsp3) is 0.588. The van der Waals surface area contributed by atoms with Gasteiger partial charge >= 0.3 is 0 Å². The number of nitrogens with zero attached hydrogens (tertiary/aromatic N) is 5. The minimum atomic E-state index is 0.434. The van der Waals surface area contributed by atoms with E-state index in [0.717, 1.165) is 57.3 Å². The molecule has 1 fully saturated rings. The maximum absolute atomic E-state index is 5.46. The molecule has 0 spiro atoms. The number of fused-ring (bicyclic) bond motifs is 1. The van der Waals surface area contributed by atoms with Gasteiger partial charge in [0.2, 0.25) is 5.88 Å². The number of methoxy groups -OCH3 is 1. The standard InChI is InChI=1S/C17H24N6O2/c1-24-17-8-15(19-12-20-17)21-13-2-4-22(5-3-13)10-14-9-18-16-11-25-7-6-23(14)16/h8-9,12-13H,2-7,10-11H2,1H3,(H,19,20,21). The Balaban J connectivity index is 1.30. The van der Waals surface area contributed by atoms with Gasteiger partial charge in [-0.15, -0.1) is 0 Å². The van der Waals surface area contributed by atoms with Gasteiger partial charge in [-0.1, -0.05) is 0 Å². The van der Waals surface area contributed by atoms with Crippen molar-refractivity contribution < 1.29 is 9.47 Å². The summed E-state index contributed by atoms with van der Waals surface area (Å²) in [7, 11) is 1.62. The molecule has 2 aliphatic heterocycles. The molecule has 0 saturated carbocycles. The highest BCUT2D eigenvalue weighted by atomic mass is 16.5. The molecule has 0 amide bonds. The first-order chi connectivity index (χ1) is 12.3. The van der Waals surface area contributed by atoms with Gasteiger partial charge in [0.15, 0.2) is 0 Å². The third kappa shape index (κ3) is 3.74. The van der Waals surface area contributed by atoms with Gasteiger partial charge in [0.1, 0.15) is 24.6 Å². The van der Waals surface area contributed by atoms with Crippen LogP contribution in [0.3, 0.4) is 0 Å². The molecule has 0 aromatic carbocycles. The Bertz CT molecular complexity index is 711. The maximum atomic E-state index is 5.46. The fourth-order valence-electron chi connectivity index (χ4n) is 3.49. The average Bonchev–Trinajstić information content (AvgIpc) is 3.07. The minimum absolute atomic E-state index is 0.434. The van der Waals surface area contributed by atoms with Crippen molar-refractivity contribution in [3.05, 3.63) is 30.1 Å². The molecular weight excluding hydrogens is 320 g/mol. The zero-order chi connectivity index (χ0) is 17.1. The Labute approximate surface area is 147 Å². The second-order valence-electron chi connectivity index (χ2n) is 6.51. The van der Waals surface area contributed by atoms with E-state index in [1.54, 1.807) is 7.11 Å². The molecule has 2 aliphatic rings. The normalized spacial score (nSPS) is 18.8. The van der Waals surface area contributed by atoms with E-state index in [1.165, 1.54) is 12.0 Å². The number of rotatable bonds is 5. The minimum Gasteiger partial charge on any atom is -0.481 e. The summed E-state index contributed by atoms with van der Waals surface area (Å²) >= 11 is 0. The van der Waals surface area contributed by atoms with E-state index in [0.29, 0.717) is 18.5 Å². The maximum Gasteiger partial charge on any atom is 0.218 e. The van der Waals surface area contributed by atoms with Crippen LogP contribution in [0, 0.1) is 0 Å². The molecule has 2 aromatic rings. The van der Waals surface area contributed by atoms with Gasteiger partial charge in [-0.3, -0.25) is 4.90 Å². The molecule has 1 saturated heterocycles. The lowest BCUT2D eigenvalue weighted by molar-refractivity contribution is 0.0792. The van der Waals surface area contributed by atoms with Crippen molar-refractivity contribution in [3.63, 3.8) is 0 Å². The first-order valence-electron chi connectivity index (χ1n) is 8.78. The lowest BCUT2D eigenvalue weighted by Crippen LogP contribution is -2.39. The van der Waals surface area contributed by atoms with Crippen molar-refractivity contribution in [1.29, 1.82) is 0 Å². The Hall–Kier alpha value is -2.19. The van der Waals surface area contributed by atoms with Gasteiger partial charge in [0, 0.05) is 44.5 Å². The van der Waals surface area contributed by atoms with Crippen molar-refractivity contribution in [3.8, 4) is 5.88 Å². The van der Waals surface area contributed by atoms with Gasteiger partial charge < -0.3 is 19.4 Å². The van der Waals surface area contributed by atoms with E-state index in [-0.39, 0.29) is 0 Å². The van der Waals surface area contributed by atoms with E-state index in [2.05, 4.69) is 29.7 Å². The Morgan fingerprint density at radius 3 is 2.96 bits per heavy atom. The van der Waals surface area contributed by atoms with Gasteiger partial charge in [0.05, 0.1) is 19.4 Å². The molecule has 4 heterocycles. The number of nitrogens with one attached hydrogen (secondary N) is 1. The fourth-order valence-corrected chi connectivity index (χ4v) is 3.49. The van der Waals surface area contributed by atoms with Crippen LogP contribution in [0.15, 0.2) is 18.6 Å². The summed E-state index contributed by atoms with van der Waals surface area (Å²) in [4.78, 5) is 15.3. The zero-order valence-electron chi connectivity index (χ0n) is 14.5. The van der Waals surface area contributed by atoms with Crippen molar-refractivity contribution >= 4 is 5.82 Å². The number of anilines is 1. The molecule has 0 bridgehead atoms. The summed E-state index contributed by atoms with van der Waals surface area (Å²) in [6.45, 7) is 5.42. The molecule has 0 unspecified atom stereocenters. The van der Waals surface area contributed by atoms with Crippen LogP contribution in [-0.4, -0.2) is 57.3 Å². The summed E-state index contributed by atoms with van der Waals surface area (Å²) in [6.07, 6.45) is 5.72. The number of likely N-dealkylation sites (tertiary alicyclic amines) is 1. The lowest BCUT2D eigenvalue weighted by atomic mass is 10.0. The molecule has 0 atom stereocenters. The monoisotopic (exact) mass is 344 g/mol. The summed E-state index contributed by atoms with van der Waals surface area (Å²) in [6, 6.07) is 2.27. The third-order valence-electron chi connectivity index (χ3n) is 4.89. The first kappa shape index (κ1) is 16.3. The highest BCUT2D eigenvalue weighted by molar-refractivity contribution is 5.38. The van der Waals surface area contributed by atoms with Gasteiger partial charge in [0.25, 0.3) is 0 Å². The molecule has 0 radical (unpaired) electrons. The van der Waals surface area contributed by atoms with Gasteiger partial charge in [-0.05, 0) is 12.8 Å². The SMILES string of the molecule is COc1cc(NC2CCN(Cc3cnc4n3CCOC4)CC2)ncn1. The summed E-state index contributed by atoms with van der Waals surface area (Å²) in [5.74, 6) is 2.47. The summed E-state index contributed by atoms with van der Waals surface area (Å²) in [5, 5.41) is 3.49.